The number of nitrogens with zero attached hydrogens (tertiary/aromatic N) is 3. The fraction of sp³-hybridized carbons (Fsp3) is 0.182. The summed E-state index contributed by atoms with van der Waals surface area (Å²) in [6.45, 7) is 0. The van der Waals surface area contributed by atoms with E-state index >= 15 is 0 Å². The van der Waals surface area contributed by atoms with Crippen molar-refractivity contribution in [3.8, 4) is 0 Å². The number of rotatable bonds is 6. The second kappa shape index (κ2) is 7.50. The molecule has 0 saturated heterocycles. The van der Waals surface area contributed by atoms with E-state index in [1.165, 1.54) is 12.5 Å². The maximum atomic E-state index is 11.6. The molecule has 110 valence electrons. The molecule has 2 heterocycles. The van der Waals surface area contributed by atoms with E-state index in [4.69, 9.17) is 16.0 Å². The highest BCUT2D eigenvalue weighted by atomic mass is 35.5. The molecule has 21 heavy (non-hydrogen) atoms. The van der Waals surface area contributed by atoms with Crippen LogP contribution in [0.4, 0.5) is 5.13 Å². The van der Waals surface area contributed by atoms with Gasteiger partial charge in [0.1, 0.15) is 16.6 Å². The number of halogens is 1. The lowest BCUT2D eigenvalue weighted by atomic mass is 10.4. The summed E-state index contributed by atoms with van der Waals surface area (Å²) in [5.74, 6) is -0.384. The standard InChI is InChI=1S/C11H10ClN5O3S/c12-5-9(19)14-11-17-16-10(21-11)4-8(18)15-13-6-7-2-1-3-20-7/h1-3,6H,4-5H2,(H,15,18)(H,14,17,19)/b13-6-. The normalized spacial score (nSPS) is 10.7. The van der Waals surface area contributed by atoms with Gasteiger partial charge in [0.25, 0.3) is 0 Å². The molecule has 2 N–H and O–H groups in total. The third-order valence-corrected chi connectivity index (χ3v) is 3.15. The molecule has 0 bridgehead atoms. The molecule has 10 heteroatoms. The van der Waals surface area contributed by atoms with E-state index in [2.05, 4.69) is 26.0 Å². The average Bonchev–Trinajstić information content (AvgIpc) is 3.11. The third-order valence-electron chi connectivity index (χ3n) is 2.07. The quantitative estimate of drug-likeness (QED) is 0.467. The van der Waals surface area contributed by atoms with E-state index in [1.807, 2.05) is 0 Å². The average molecular weight is 328 g/mol. The Kier molecular flexibility index (Phi) is 5.41. The number of hydrogen-bond acceptors (Lipinski definition) is 7. The lowest BCUT2D eigenvalue weighted by Gasteiger charge is -1.95. The minimum atomic E-state index is -0.383. The van der Waals surface area contributed by atoms with Gasteiger partial charge in [-0.2, -0.15) is 5.10 Å². The SMILES string of the molecule is O=C(Cc1nnc(NC(=O)CCl)s1)N/N=C\c1ccco1. The number of furan rings is 1. The van der Waals surface area contributed by atoms with Crippen LogP contribution in [0.5, 0.6) is 0 Å². The van der Waals surface area contributed by atoms with Gasteiger partial charge in [-0.25, -0.2) is 5.43 Å². The minimum absolute atomic E-state index is 0.00388. The van der Waals surface area contributed by atoms with Crippen molar-refractivity contribution in [3.63, 3.8) is 0 Å². The van der Waals surface area contributed by atoms with Crippen LogP contribution in [0.3, 0.4) is 0 Å². The number of alkyl halides is 1. The Hall–Kier alpha value is -2.26. The zero-order valence-electron chi connectivity index (χ0n) is 10.6. The first kappa shape index (κ1) is 15.1. The number of nitrogens with one attached hydrogen (secondary N) is 2. The van der Waals surface area contributed by atoms with Gasteiger partial charge >= 0.3 is 0 Å². The molecule has 0 spiro atoms. The molecule has 0 saturated carbocycles. The molecular weight excluding hydrogens is 318 g/mol. The van der Waals surface area contributed by atoms with Gasteiger partial charge in [-0.1, -0.05) is 11.3 Å². The first-order valence-corrected chi connectivity index (χ1v) is 7.06. The van der Waals surface area contributed by atoms with Gasteiger partial charge in [0.05, 0.1) is 18.9 Å². The predicted molar refractivity (Wildman–Crippen MR) is 77.4 cm³/mol. The van der Waals surface area contributed by atoms with Crippen LogP contribution in [0.25, 0.3) is 0 Å². The zero-order chi connectivity index (χ0) is 15.1. The molecule has 0 radical (unpaired) electrons. The molecule has 0 atom stereocenters. The summed E-state index contributed by atoms with van der Waals surface area (Å²) in [7, 11) is 0. The Morgan fingerprint density at radius 1 is 1.43 bits per heavy atom. The summed E-state index contributed by atoms with van der Waals surface area (Å²) >= 11 is 6.44. The number of hydrogen-bond donors (Lipinski definition) is 2. The largest absolute Gasteiger partial charge is 0.463 e. The summed E-state index contributed by atoms with van der Waals surface area (Å²) < 4.78 is 5.01. The molecule has 8 nitrogen and oxygen atoms in total. The third kappa shape index (κ3) is 4.97. The fourth-order valence-electron chi connectivity index (χ4n) is 1.24. The highest BCUT2D eigenvalue weighted by Crippen LogP contribution is 2.15. The number of amides is 2. The Balaban J connectivity index is 1.81. The molecule has 2 rings (SSSR count). The van der Waals surface area contributed by atoms with Crippen LogP contribution in [0.1, 0.15) is 10.8 Å². The van der Waals surface area contributed by atoms with Gasteiger partial charge < -0.3 is 4.42 Å². The van der Waals surface area contributed by atoms with Crippen molar-refractivity contribution in [3.05, 3.63) is 29.2 Å². The van der Waals surface area contributed by atoms with E-state index in [-0.39, 0.29) is 24.1 Å². The van der Waals surface area contributed by atoms with Gasteiger partial charge in [0.15, 0.2) is 0 Å². The Bertz CT molecular complexity index is 640. The van der Waals surface area contributed by atoms with Crippen LogP contribution in [-0.4, -0.2) is 34.1 Å². The molecule has 0 unspecified atom stereocenters. The van der Waals surface area contributed by atoms with E-state index in [0.717, 1.165) is 11.3 Å². The summed E-state index contributed by atoms with van der Waals surface area (Å²) in [6.07, 6.45) is 2.88. The van der Waals surface area contributed by atoms with Crippen LogP contribution in [-0.2, 0) is 16.0 Å². The molecule has 2 aromatic heterocycles. The van der Waals surface area contributed by atoms with E-state index in [1.54, 1.807) is 12.1 Å². The first-order valence-electron chi connectivity index (χ1n) is 5.71. The maximum Gasteiger partial charge on any atom is 0.247 e. The Morgan fingerprint density at radius 3 is 3.00 bits per heavy atom. The summed E-state index contributed by atoms with van der Waals surface area (Å²) in [5, 5.41) is 14.4. The molecule has 0 aliphatic rings. The molecule has 2 aromatic rings. The molecular formula is C11H10ClN5O3S. The van der Waals surface area contributed by atoms with Crippen molar-refractivity contribution in [1.29, 1.82) is 0 Å². The van der Waals surface area contributed by atoms with E-state index < -0.39 is 0 Å². The van der Waals surface area contributed by atoms with Crippen LogP contribution < -0.4 is 10.7 Å². The van der Waals surface area contributed by atoms with Gasteiger partial charge in [0.2, 0.25) is 16.9 Å². The monoisotopic (exact) mass is 327 g/mol. The Morgan fingerprint density at radius 2 is 2.29 bits per heavy atom. The van der Waals surface area contributed by atoms with Gasteiger partial charge in [-0.15, -0.1) is 21.8 Å². The predicted octanol–water partition coefficient (Wildman–Crippen LogP) is 1.00. The number of carbonyl (C=O) groups excluding carboxylic acids is 2. The van der Waals surface area contributed by atoms with E-state index in [0.29, 0.717) is 15.9 Å². The van der Waals surface area contributed by atoms with Gasteiger partial charge in [-0.05, 0) is 12.1 Å². The Labute approximate surface area is 128 Å². The van der Waals surface area contributed by atoms with Gasteiger partial charge in [0, 0.05) is 0 Å². The zero-order valence-corrected chi connectivity index (χ0v) is 12.1. The van der Waals surface area contributed by atoms with Crippen LogP contribution in [0.2, 0.25) is 0 Å². The minimum Gasteiger partial charge on any atom is -0.463 e. The van der Waals surface area contributed by atoms with Crippen molar-refractivity contribution in [2.75, 3.05) is 11.2 Å². The summed E-state index contributed by atoms with van der Waals surface area (Å²) in [5.41, 5.74) is 2.33. The van der Waals surface area contributed by atoms with E-state index in [9.17, 15) is 9.59 Å². The highest BCUT2D eigenvalue weighted by molar-refractivity contribution is 7.15. The fourth-order valence-corrected chi connectivity index (χ4v) is 2.06. The maximum absolute atomic E-state index is 11.6. The number of carbonyl (C=O) groups is 2. The molecule has 0 fully saturated rings. The van der Waals surface area contributed by atoms with Crippen molar-refractivity contribution in [1.82, 2.24) is 15.6 Å². The number of hydrazone groups is 1. The smallest absolute Gasteiger partial charge is 0.247 e. The van der Waals surface area contributed by atoms with Crippen LogP contribution >= 0.6 is 22.9 Å². The second-order valence-corrected chi connectivity index (χ2v) is 5.00. The van der Waals surface area contributed by atoms with Gasteiger partial charge in [-0.3, -0.25) is 14.9 Å². The number of anilines is 1. The van der Waals surface area contributed by atoms with Crippen molar-refractivity contribution in [2.45, 2.75) is 6.42 Å². The van der Waals surface area contributed by atoms with Crippen LogP contribution in [0, 0.1) is 0 Å². The van der Waals surface area contributed by atoms with Crippen LogP contribution in [0.15, 0.2) is 27.9 Å². The number of aromatic nitrogens is 2. The summed E-state index contributed by atoms with van der Waals surface area (Å²) in [6, 6.07) is 3.41. The van der Waals surface area contributed by atoms with Crippen molar-refractivity contribution < 1.29 is 14.0 Å². The summed E-state index contributed by atoms with van der Waals surface area (Å²) in [4.78, 5) is 22.7. The topological polar surface area (TPSA) is 109 Å². The lowest BCUT2D eigenvalue weighted by Crippen LogP contribution is -2.19. The van der Waals surface area contributed by atoms with Crippen molar-refractivity contribution in [2.24, 2.45) is 5.10 Å². The van der Waals surface area contributed by atoms with Crippen molar-refractivity contribution >= 4 is 46.1 Å². The second-order valence-electron chi connectivity index (χ2n) is 3.67. The molecule has 0 aromatic carbocycles. The first-order chi connectivity index (χ1) is 10.2. The highest BCUT2D eigenvalue weighted by Gasteiger charge is 2.10. The molecule has 0 aliphatic heterocycles. The molecule has 0 aliphatic carbocycles. The lowest BCUT2D eigenvalue weighted by molar-refractivity contribution is -0.120. The molecule has 2 amide bonds.